The molecule has 3 N–H and O–H groups in total. The minimum Gasteiger partial charge on any atom is -0.494 e. The maximum atomic E-state index is 12.0. The zero-order chi connectivity index (χ0) is 15.5. The minimum absolute atomic E-state index is 0.134. The summed E-state index contributed by atoms with van der Waals surface area (Å²) in [7, 11) is 0. The van der Waals surface area contributed by atoms with E-state index in [1.807, 2.05) is 25.1 Å². The number of fused-ring (bicyclic) bond motifs is 1. The molecule has 6 heteroatoms. The molecule has 1 aromatic heterocycles. The summed E-state index contributed by atoms with van der Waals surface area (Å²) < 4.78 is 5.66. The highest BCUT2D eigenvalue weighted by Gasteiger charge is 2.21. The highest BCUT2D eigenvalue weighted by Crippen LogP contribution is 2.22. The molecule has 22 heavy (non-hydrogen) atoms. The third-order valence-corrected chi connectivity index (χ3v) is 3.83. The fourth-order valence-electron chi connectivity index (χ4n) is 2.81. The maximum Gasteiger partial charge on any atom is 0.257 e. The summed E-state index contributed by atoms with van der Waals surface area (Å²) in [6.07, 6.45) is 0.736. The Morgan fingerprint density at radius 3 is 3.05 bits per heavy atom. The predicted molar refractivity (Wildman–Crippen MR) is 84.7 cm³/mol. The number of hydrogen-bond donors (Lipinski definition) is 2. The Kier molecular flexibility index (Phi) is 4.11. The zero-order valence-corrected chi connectivity index (χ0v) is 12.6. The van der Waals surface area contributed by atoms with E-state index >= 15 is 0 Å². The Hall–Kier alpha value is -2.34. The van der Waals surface area contributed by atoms with E-state index in [2.05, 4.69) is 20.9 Å². The Labute approximate surface area is 128 Å². The Bertz CT molecular complexity index is 726. The minimum atomic E-state index is -0.134. The number of rotatable bonds is 4. The van der Waals surface area contributed by atoms with Crippen LogP contribution in [0.25, 0.3) is 0 Å². The van der Waals surface area contributed by atoms with Crippen LogP contribution in [0.4, 0.5) is 5.95 Å². The van der Waals surface area contributed by atoms with Gasteiger partial charge in [0.15, 0.2) is 0 Å². The lowest BCUT2D eigenvalue weighted by atomic mass is 10.1. The van der Waals surface area contributed by atoms with Crippen LogP contribution in [-0.4, -0.2) is 28.0 Å². The van der Waals surface area contributed by atoms with Crippen molar-refractivity contribution in [3.8, 4) is 5.75 Å². The molecule has 0 radical (unpaired) electrons. The molecule has 0 saturated heterocycles. The van der Waals surface area contributed by atoms with E-state index in [1.165, 1.54) is 0 Å². The van der Waals surface area contributed by atoms with Gasteiger partial charge in [-0.3, -0.25) is 14.7 Å². The third kappa shape index (κ3) is 2.96. The van der Waals surface area contributed by atoms with Crippen LogP contribution < -0.4 is 16.0 Å². The van der Waals surface area contributed by atoms with Crippen molar-refractivity contribution in [1.82, 2.24) is 14.9 Å². The number of benzene rings is 1. The summed E-state index contributed by atoms with van der Waals surface area (Å²) in [5.41, 5.74) is 8.13. The fourth-order valence-corrected chi connectivity index (χ4v) is 2.81. The van der Waals surface area contributed by atoms with Crippen LogP contribution in [0, 0.1) is 0 Å². The molecule has 2 aromatic rings. The van der Waals surface area contributed by atoms with Crippen LogP contribution in [0.5, 0.6) is 5.75 Å². The van der Waals surface area contributed by atoms with Gasteiger partial charge in [0, 0.05) is 31.6 Å². The molecular weight excluding hydrogens is 280 g/mol. The number of ether oxygens (including phenoxy) is 1. The number of nitrogens with zero attached hydrogens (tertiary/aromatic N) is 2. The van der Waals surface area contributed by atoms with Gasteiger partial charge >= 0.3 is 0 Å². The lowest BCUT2D eigenvalue weighted by molar-refractivity contribution is 0.236. The molecule has 0 spiro atoms. The lowest BCUT2D eigenvalue weighted by Crippen LogP contribution is -2.35. The highest BCUT2D eigenvalue weighted by molar-refractivity contribution is 5.34. The monoisotopic (exact) mass is 300 g/mol. The number of anilines is 1. The van der Waals surface area contributed by atoms with Crippen molar-refractivity contribution in [3.05, 3.63) is 51.4 Å². The highest BCUT2D eigenvalue weighted by atomic mass is 16.5. The van der Waals surface area contributed by atoms with E-state index in [0.29, 0.717) is 18.7 Å². The predicted octanol–water partition coefficient (Wildman–Crippen LogP) is 1.31. The number of para-hydroxylation sites is 1. The van der Waals surface area contributed by atoms with Crippen LogP contribution >= 0.6 is 0 Å². The summed E-state index contributed by atoms with van der Waals surface area (Å²) in [5.74, 6) is 1.10. The quantitative estimate of drug-likeness (QED) is 0.889. The van der Waals surface area contributed by atoms with Crippen molar-refractivity contribution in [2.75, 3.05) is 18.9 Å². The van der Waals surface area contributed by atoms with Crippen molar-refractivity contribution >= 4 is 5.95 Å². The van der Waals surface area contributed by atoms with Gasteiger partial charge in [-0.05, 0) is 13.0 Å². The van der Waals surface area contributed by atoms with Crippen molar-refractivity contribution in [2.24, 2.45) is 0 Å². The number of nitrogens with one attached hydrogen (secondary N) is 1. The second-order valence-corrected chi connectivity index (χ2v) is 5.38. The van der Waals surface area contributed by atoms with E-state index in [9.17, 15) is 4.79 Å². The average Bonchev–Trinajstić information content (AvgIpc) is 2.50. The topological polar surface area (TPSA) is 84.2 Å². The lowest BCUT2D eigenvalue weighted by Gasteiger charge is -2.28. The van der Waals surface area contributed by atoms with Crippen molar-refractivity contribution in [2.45, 2.75) is 26.4 Å². The molecule has 0 saturated carbocycles. The van der Waals surface area contributed by atoms with Gasteiger partial charge in [0.1, 0.15) is 5.75 Å². The molecule has 6 nitrogen and oxygen atoms in total. The molecule has 0 bridgehead atoms. The van der Waals surface area contributed by atoms with Gasteiger partial charge in [-0.25, -0.2) is 4.98 Å². The first-order valence-electron chi connectivity index (χ1n) is 7.48. The summed E-state index contributed by atoms with van der Waals surface area (Å²) in [5, 5.41) is 0. The van der Waals surface area contributed by atoms with Gasteiger partial charge in [0.2, 0.25) is 5.95 Å². The average molecular weight is 300 g/mol. The van der Waals surface area contributed by atoms with Crippen molar-refractivity contribution in [1.29, 1.82) is 0 Å². The number of nitrogen functional groups attached to an aromatic ring is 1. The molecule has 1 aliphatic heterocycles. The van der Waals surface area contributed by atoms with Crippen LogP contribution in [0.1, 0.15) is 23.7 Å². The second kappa shape index (κ2) is 6.19. The number of H-pyrrole nitrogens is 1. The first-order valence-corrected chi connectivity index (χ1v) is 7.48. The molecular formula is C16H20N4O2. The smallest absolute Gasteiger partial charge is 0.257 e. The summed E-state index contributed by atoms with van der Waals surface area (Å²) >= 11 is 0. The zero-order valence-electron chi connectivity index (χ0n) is 12.6. The summed E-state index contributed by atoms with van der Waals surface area (Å²) in [4.78, 5) is 21.1. The van der Waals surface area contributed by atoms with E-state index in [4.69, 9.17) is 10.5 Å². The Balaban J connectivity index is 1.80. The van der Waals surface area contributed by atoms with Gasteiger partial charge < -0.3 is 10.5 Å². The molecule has 3 rings (SSSR count). The standard InChI is InChI=1S/C16H20N4O2/c1-2-22-14-6-4-3-5-11(14)9-20-8-7-13-12(10-20)15(21)19-16(17)18-13/h3-6H,2,7-10H2,1H3,(H3,17,18,19,21). The van der Waals surface area contributed by atoms with Crippen LogP contribution in [0.3, 0.4) is 0 Å². The van der Waals surface area contributed by atoms with Gasteiger partial charge in [-0.1, -0.05) is 18.2 Å². The van der Waals surface area contributed by atoms with Crippen LogP contribution in [0.15, 0.2) is 29.1 Å². The molecule has 0 atom stereocenters. The van der Waals surface area contributed by atoms with Crippen LogP contribution in [0.2, 0.25) is 0 Å². The SMILES string of the molecule is CCOc1ccccc1CN1CCc2nc(N)[nH]c(=O)c2C1. The molecule has 1 aromatic carbocycles. The molecule has 116 valence electrons. The first kappa shape index (κ1) is 14.6. The van der Waals surface area contributed by atoms with Crippen molar-refractivity contribution in [3.63, 3.8) is 0 Å². The van der Waals surface area contributed by atoms with E-state index in [0.717, 1.165) is 36.5 Å². The second-order valence-electron chi connectivity index (χ2n) is 5.38. The number of aromatic nitrogens is 2. The van der Waals surface area contributed by atoms with Crippen molar-refractivity contribution < 1.29 is 4.74 Å². The maximum absolute atomic E-state index is 12.0. The molecule has 0 amide bonds. The Morgan fingerprint density at radius 2 is 2.23 bits per heavy atom. The van der Waals surface area contributed by atoms with E-state index < -0.39 is 0 Å². The summed E-state index contributed by atoms with van der Waals surface area (Å²) in [6.45, 7) is 4.80. The number of nitrogens with two attached hydrogens (primary N) is 1. The molecule has 2 heterocycles. The fraction of sp³-hybridized carbons (Fsp3) is 0.375. The number of hydrogen-bond acceptors (Lipinski definition) is 5. The van der Waals surface area contributed by atoms with Gasteiger partial charge in [0.05, 0.1) is 17.9 Å². The molecule has 0 fully saturated rings. The Morgan fingerprint density at radius 1 is 1.41 bits per heavy atom. The normalized spacial score (nSPS) is 14.6. The van der Waals surface area contributed by atoms with Gasteiger partial charge in [-0.2, -0.15) is 0 Å². The summed E-state index contributed by atoms with van der Waals surface area (Å²) in [6, 6.07) is 8.01. The van der Waals surface area contributed by atoms with Gasteiger partial charge in [0.25, 0.3) is 5.56 Å². The van der Waals surface area contributed by atoms with Gasteiger partial charge in [-0.15, -0.1) is 0 Å². The third-order valence-electron chi connectivity index (χ3n) is 3.83. The van der Waals surface area contributed by atoms with Crippen LogP contribution in [-0.2, 0) is 19.5 Å². The molecule has 0 unspecified atom stereocenters. The van der Waals surface area contributed by atoms with E-state index in [-0.39, 0.29) is 11.5 Å². The first-order chi connectivity index (χ1) is 10.7. The largest absolute Gasteiger partial charge is 0.494 e. The number of aromatic amines is 1. The molecule has 1 aliphatic rings. The van der Waals surface area contributed by atoms with E-state index in [1.54, 1.807) is 0 Å². The molecule has 0 aliphatic carbocycles.